The molecule has 2 aromatic rings. The molecule has 22 heavy (non-hydrogen) atoms. The van der Waals surface area contributed by atoms with E-state index < -0.39 is 11.9 Å². The Morgan fingerprint density at radius 3 is 2.55 bits per heavy atom. The molecule has 0 aliphatic heterocycles. The lowest BCUT2D eigenvalue weighted by atomic mass is 9.99. The van der Waals surface area contributed by atoms with E-state index in [1.165, 1.54) is 17.9 Å². The maximum atomic E-state index is 11.7. The predicted octanol–water partition coefficient (Wildman–Crippen LogP) is 3.59. The van der Waals surface area contributed by atoms with Gasteiger partial charge in [0, 0.05) is 5.69 Å². The van der Waals surface area contributed by atoms with Gasteiger partial charge in [0.25, 0.3) is 5.91 Å². The summed E-state index contributed by atoms with van der Waals surface area (Å²) in [6.07, 6.45) is 2.43. The fourth-order valence-corrected chi connectivity index (χ4v) is 1.92. The van der Waals surface area contributed by atoms with Crippen LogP contribution in [0.4, 0.5) is 5.69 Å². The van der Waals surface area contributed by atoms with E-state index >= 15 is 0 Å². The molecule has 1 N–H and O–H groups in total. The number of anilines is 1. The number of hydrogen-bond acceptors (Lipinski definition) is 4. The number of ether oxygens (including phenoxy) is 1. The average molecular weight is 301 g/mol. The van der Waals surface area contributed by atoms with E-state index in [0.29, 0.717) is 11.6 Å². The summed E-state index contributed by atoms with van der Waals surface area (Å²) in [5.41, 5.74) is 1.90. The van der Waals surface area contributed by atoms with Crippen molar-refractivity contribution in [3.8, 4) is 0 Å². The van der Waals surface area contributed by atoms with Crippen LogP contribution in [0, 0.1) is 0 Å². The van der Waals surface area contributed by atoms with Crippen molar-refractivity contribution in [2.24, 2.45) is 0 Å². The van der Waals surface area contributed by atoms with Crippen molar-refractivity contribution in [3.63, 3.8) is 0 Å². The van der Waals surface area contributed by atoms with Crippen LogP contribution in [0.3, 0.4) is 0 Å². The van der Waals surface area contributed by atoms with Gasteiger partial charge in [-0.1, -0.05) is 26.0 Å². The van der Waals surface area contributed by atoms with Crippen molar-refractivity contribution in [2.75, 3.05) is 11.9 Å². The smallest absolute Gasteiger partial charge is 0.374 e. The highest BCUT2D eigenvalue weighted by molar-refractivity contribution is 5.94. The second kappa shape index (κ2) is 7.45. The van der Waals surface area contributed by atoms with E-state index in [-0.39, 0.29) is 12.4 Å². The number of amides is 1. The minimum absolute atomic E-state index is 0.0747. The molecule has 1 amide bonds. The molecular formula is C17H19NO4. The summed E-state index contributed by atoms with van der Waals surface area (Å²) in [4.78, 5) is 23.3. The zero-order chi connectivity index (χ0) is 15.9. The third-order valence-electron chi connectivity index (χ3n) is 3.43. The van der Waals surface area contributed by atoms with Gasteiger partial charge in [-0.2, -0.15) is 0 Å². The van der Waals surface area contributed by atoms with Gasteiger partial charge >= 0.3 is 5.97 Å². The van der Waals surface area contributed by atoms with Crippen LogP contribution in [0.1, 0.15) is 42.3 Å². The molecule has 1 atom stereocenters. The number of benzene rings is 1. The molecule has 0 fully saturated rings. The van der Waals surface area contributed by atoms with Crippen LogP contribution in [0.5, 0.6) is 0 Å². The van der Waals surface area contributed by atoms with E-state index in [9.17, 15) is 9.59 Å². The van der Waals surface area contributed by atoms with Gasteiger partial charge in [0.05, 0.1) is 6.26 Å². The summed E-state index contributed by atoms with van der Waals surface area (Å²) in [5.74, 6) is -0.492. The van der Waals surface area contributed by atoms with Crippen LogP contribution in [0.2, 0.25) is 0 Å². The number of esters is 1. The van der Waals surface area contributed by atoms with Crippen molar-refractivity contribution >= 4 is 17.6 Å². The lowest BCUT2D eigenvalue weighted by Crippen LogP contribution is -2.20. The number of hydrogen-bond donors (Lipinski definition) is 1. The number of nitrogens with one attached hydrogen (secondary N) is 1. The molecule has 5 heteroatoms. The minimum atomic E-state index is -0.660. The second-order valence-corrected chi connectivity index (χ2v) is 5.03. The summed E-state index contributed by atoms with van der Waals surface area (Å²) < 4.78 is 9.74. The van der Waals surface area contributed by atoms with E-state index in [0.717, 1.165) is 6.42 Å². The molecule has 5 nitrogen and oxygen atoms in total. The summed E-state index contributed by atoms with van der Waals surface area (Å²) in [5, 5.41) is 2.68. The molecule has 1 aromatic heterocycles. The average Bonchev–Trinajstić information content (AvgIpc) is 3.07. The Morgan fingerprint density at radius 1 is 1.23 bits per heavy atom. The normalized spacial score (nSPS) is 11.7. The largest absolute Gasteiger partial charge is 0.457 e. The van der Waals surface area contributed by atoms with Gasteiger partial charge in [-0.05, 0) is 42.2 Å². The Morgan fingerprint density at radius 2 is 1.95 bits per heavy atom. The van der Waals surface area contributed by atoms with Gasteiger partial charge in [-0.25, -0.2) is 4.79 Å². The SMILES string of the molecule is CC[C@@H](C)c1ccc(NC(=O)COC(=O)c2ccco2)cc1. The lowest BCUT2D eigenvalue weighted by molar-refractivity contribution is -0.119. The quantitative estimate of drug-likeness (QED) is 0.828. The predicted molar refractivity (Wildman–Crippen MR) is 82.8 cm³/mol. The molecule has 0 spiro atoms. The van der Waals surface area contributed by atoms with Gasteiger partial charge in [0.1, 0.15) is 0 Å². The summed E-state index contributed by atoms with van der Waals surface area (Å²) in [7, 11) is 0. The number of rotatable bonds is 6. The fourth-order valence-electron chi connectivity index (χ4n) is 1.92. The van der Waals surface area contributed by atoms with Gasteiger partial charge < -0.3 is 14.5 Å². The van der Waals surface area contributed by atoms with Crippen molar-refractivity contribution in [3.05, 3.63) is 54.0 Å². The van der Waals surface area contributed by atoms with Crippen molar-refractivity contribution in [1.82, 2.24) is 0 Å². The van der Waals surface area contributed by atoms with Gasteiger partial charge in [-0.15, -0.1) is 0 Å². The molecule has 0 unspecified atom stereocenters. The molecule has 0 saturated heterocycles. The highest BCUT2D eigenvalue weighted by atomic mass is 16.5. The molecule has 0 bridgehead atoms. The lowest BCUT2D eigenvalue weighted by Gasteiger charge is -2.10. The topological polar surface area (TPSA) is 68.5 Å². The maximum Gasteiger partial charge on any atom is 0.374 e. The molecular weight excluding hydrogens is 282 g/mol. The number of carbonyl (C=O) groups is 2. The first kappa shape index (κ1) is 15.8. The monoisotopic (exact) mass is 301 g/mol. The fraction of sp³-hybridized carbons (Fsp3) is 0.294. The Hall–Kier alpha value is -2.56. The van der Waals surface area contributed by atoms with Crippen LogP contribution in [-0.4, -0.2) is 18.5 Å². The van der Waals surface area contributed by atoms with E-state index in [1.54, 1.807) is 6.07 Å². The van der Waals surface area contributed by atoms with Gasteiger partial charge in [0.15, 0.2) is 6.61 Å². The first-order valence-electron chi connectivity index (χ1n) is 7.20. The molecule has 2 rings (SSSR count). The van der Waals surface area contributed by atoms with Crippen molar-refractivity contribution in [1.29, 1.82) is 0 Å². The van der Waals surface area contributed by atoms with E-state index in [2.05, 4.69) is 19.2 Å². The molecule has 116 valence electrons. The minimum Gasteiger partial charge on any atom is -0.457 e. The Labute approximate surface area is 129 Å². The first-order chi connectivity index (χ1) is 10.6. The van der Waals surface area contributed by atoms with Crippen molar-refractivity contribution < 1.29 is 18.7 Å². The van der Waals surface area contributed by atoms with E-state index in [1.807, 2.05) is 24.3 Å². The van der Waals surface area contributed by atoms with Gasteiger partial charge in [0.2, 0.25) is 5.76 Å². The zero-order valence-corrected chi connectivity index (χ0v) is 12.7. The molecule has 1 heterocycles. The van der Waals surface area contributed by atoms with Crippen LogP contribution < -0.4 is 5.32 Å². The highest BCUT2D eigenvalue weighted by Crippen LogP contribution is 2.20. The molecule has 0 saturated carbocycles. The van der Waals surface area contributed by atoms with E-state index in [4.69, 9.17) is 9.15 Å². The molecule has 0 radical (unpaired) electrons. The van der Waals surface area contributed by atoms with Gasteiger partial charge in [-0.3, -0.25) is 4.79 Å². The maximum absolute atomic E-state index is 11.7. The highest BCUT2D eigenvalue weighted by Gasteiger charge is 2.12. The Kier molecular flexibility index (Phi) is 5.36. The van der Waals surface area contributed by atoms with Crippen LogP contribution >= 0.6 is 0 Å². The summed E-state index contributed by atoms with van der Waals surface area (Å²) in [6.45, 7) is 3.93. The summed E-state index contributed by atoms with van der Waals surface area (Å²) in [6, 6.07) is 10.7. The third kappa shape index (κ3) is 4.22. The Bertz CT molecular complexity index is 617. The summed E-state index contributed by atoms with van der Waals surface area (Å²) >= 11 is 0. The standard InChI is InChI=1S/C17H19NO4/c1-3-12(2)13-6-8-14(9-7-13)18-16(19)11-22-17(20)15-5-4-10-21-15/h4-10,12H,3,11H2,1-2H3,(H,18,19)/t12-/m1/s1. The van der Waals surface area contributed by atoms with Crippen LogP contribution in [0.15, 0.2) is 47.1 Å². The molecule has 0 aliphatic carbocycles. The number of furan rings is 1. The van der Waals surface area contributed by atoms with Crippen LogP contribution in [0.25, 0.3) is 0 Å². The number of carbonyl (C=O) groups excluding carboxylic acids is 2. The third-order valence-corrected chi connectivity index (χ3v) is 3.43. The zero-order valence-electron chi connectivity index (χ0n) is 12.7. The second-order valence-electron chi connectivity index (χ2n) is 5.03. The van der Waals surface area contributed by atoms with Crippen molar-refractivity contribution in [2.45, 2.75) is 26.2 Å². The first-order valence-corrected chi connectivity index (χ1v) is 7.20. The van der Waals surface area contributed by atoms with Crippen LogP contribution in [-0.2, 0) is 9.53 Å². The Balaban J connectivity index is 1.83. The molecule has 0 aliphatic rings. The molecule has 1 aromatic carbocycles.